The first-order valence-corrected chi connectivity index (χ1v) is 7.46. The first-order chi connectivity index (χ1) is 9.06. The zero-order chi connectivity index (χ0) is 13.8. The number of nitrogens with zero attached hydrogens (tertiary/aromatic N) is 4. The molecule has 1 saturated heterocycles. The molecule has 2 rings (SSSR count). The van der Waals surface area contributed by atoms with Crippen LogP contribution in [0.15, 0.2) is 6.20 Å². The smallest absolute Gasteiger partial charge is 0.186 e. The molecule has 0 aliphatic carbocycles. The number of likely N-dealkylation sites (N-methyl/N-ethyl adjacent to an activating group) is 1. The van der Waals surface area contributed by atoms with Gasteiger partial charge in [0, 0.05) is 46.2 Å². The van der Waals surface area contributed by atoms with Gasteiger partial charge in [-0.2, -0.15) is 0 Å². The second-order valence-electron chi connectivity index (χ2n) is 5.20. The molecule has 0 aromatic carbocycles. The highest BCUT2D eigenvalue weighted by Gasteiger charge is 2.19. The van der Waals surface area contributed by atoms with E-state index in [2.05, 4.69) is 33.8 Å². The zero-order valence-corrected chi connectivity index (χ0v) is 12.7. The molecule has 6 heteroatoms. The monoisotopic (exact) mass is 282 g/mol. The van der Waals surface area contributed by atoms with Gasteiger partial charge in [-0.15, -0.1) is 0 Å². The van der Waals surface area contributed by atoms with E-state index in [4.69, 9.17) is 0 Å². The Morgan fingerprint density at radius 3 is 2.58 bits per heavy atom. The number of hydrogen-bond donors (Lipinski definition) is 0. The molecule has 0 radical (unpaired) electrons. The number of thiazole rings is 1. The molecular formula is C13H22N4OS. The first kappa shape index (κ1) is 14.4. The minimum atomic E-state index is 0.105. The summed E-state index contributed by atoms with van der Waals surface area (Å²) in [6.45, 7) is 7.96. The molecular weight excluding hydrogens is 260 g/mol. The van der Waals surface area contributed by atoms with Crippen LogP contribution >= 0.6 is 11.3 Å². The van der Waals surface area contributed by atoms with Crippen LogP contribution in [0.1, 0.15) is 16.6 Å². The quantitative estimate of drug-likeness (QED) is 0.754. The Morgan fingerprint density at radius 2 is 2.05 bits per heavy atom. The Labute approximate surface area is 118 Å². The maximum absolute atomic E-state index is 11.3. The molecule has 1 fully saturated rings. The summed E-state index contributed by atoms with van der Waals surface area (Å²) < 4.78 is 0. The van der Waals surface area contributed by atoms with Crippen molar-refractivity contribution in [3.8, 4) is 0 Å². The fraction of sp³-hybridized carbons (Fsp3) is 0.692. The van der Waals surface area contributed by atoms with E-state index in [9.17, 15) is 4.79 Å². The summed E-state index contributed by atoms with van der Waals surface area (Å²) >= 11 is 1.51. The van der Waals surface area contributed by atoms with E-state index < -0.39 is 0 Å². The average molecular weight is 282 g/mol. The first-order valence-electron chi connectivity index (χ1n) is 6.65. The van der Waals surface area contributed by atoms with Gasteiger partial charge in [-0.25, -0.2) is 4.98 Å². The Morgan fingerprint density at radius 1 is 1.37 bits per heavy atom. The van der Waals surface area contributed by atoms with Crippen molar-refractivity contribution in [3.63, 3.8) is 0 Å². The molecule has 1 aliphatic rings. The van der Waals surface area contributed by atoms with Gasteiger partial charge in [0.05, 0.1) is 11.1 Å². The van der Waals surface area contributed by atoms with Crippen LogP contribution in [0.3, 0.4) is 0 Å². The van der Waals surface area contributed by atoms with Crippen LogP contribution in [0.2, 0.25) is 0 Å². The van der Waals surface area contributed by atoms with Gasteiger partial charge in [0.15, 0.2) is 10.9 Å². The topological polar surface area (TPSA) is 39.7 Å². The van der Waals surface area contributed by atoms with Crippen LogP contribution in [-0.2, 0) is 0 Å². The van der Waals surface area contributed by atoms with Crippen LogP contribution < -0.4 is 4.90 Å². The molecule has 106 valence electrons. The second kappa shape index (κ2) is 6.45. The van der Waals surface area contributed by atoms with Gasteiger partial charge in [-0.1, -0.05) is 11.3 Å². The fourth-order valence-corrected chi connectivity index (χ4v) is 2.94. The van der Waals surface area contributed by atoms with Gasteiger partial charge >= 0.3 is 0 Å². The van der Waals surface area contributed by atoms with E-state index in [1.807, 2.05) is 0 Å². The second-order valence-corrected chi connectivity index (χ2v) is 6.20. The van der Waals surface area contributed by atoms with Crippen LogP contribution in [0.4, 0.5) is 5.13 Å². The molecule has 1 aliphatic heterocycles. The van der Waals surface area contributed by atoms with Crippen molar-refractivity contribution in [2.75, 3.05) is 58.3 Å². The Balaban J connectivity index is 1.83. The lowest BCUT2D eigenvalue weighted by molar-refractivity contribution is 0.102. The standard InChI is InChI=1S/C13H22N4OS/c1-11(18)12-10-14-13(19-12)17-8-6-16(7-9-17)5-4-15(2)3/h10H,4-9H2,1-3H3. The van der Waals surface area contributed by atoms with Crippen molar-refractivity contribution in [2.24, 2.45) is 0 Å². The molecule has 19 heavy (non-hydrogen) atoms. The maximum Gasteiger partial charge on any atom is 0.186 e. The SMILES string of the molecule is CC(=O)c1cnc(N2CCN(CCN(C)C)CC2)s1. The van der Waals surface area contributed by atoms with Crippen LogP contribution in [0, 0.1) is 0 Å². The molecule has 0 saturated carbocycles. The lowest BCUT2D eigenvalue weighted by Crippen LogP contribution is -2.48. The Hall–Kier alpha value is -0.980. The Bertz CT molecular complexity index is 424. The highest BCUT2D eigenvalue weighted by Crippen LogP contribution is 2.23. The molecule has 1 aromatic heterocycles. The van der Waals surface area contributed by atoms with E-state index in [0.29, 0.717) is 0 Å². The number of anilines is 1. The number of aromatic nitrogens is 1. The lowest BCUT2D eigenvalue weighted by Gasteiger charge is -2.35. The number of ketones is 1. The summed E-state index contributed by atoms with van der Waals surface area (Å²) in [6, 6.07) is 0. The number of carbonyl (C=O) groups is 1. The predicted molar refractivity (Wildman–Crippen MR) is 79.3 cm³/mol. The van der Waals surface area contributed by atoms with Gasteiger partial charge in [0.25, 0.3) is 0 Å². The van der Waals surface area contributed by atoms with E-state index in [1.54, 1.807) is 13.1 Å². The highest BCUT2D eigenvalue weighted by molar-refractivity contribution is 7.17. The number of hydrogen-bond acceptors (Lipinski definition) is 6. The van der Waals surface area contributed by atoms with E-state index in [0.717, 1.165) is 49.3 Å². The molecule has 0 N–H and O–H groups in total. The van der Waals surface area contributed by atoms with E-state index >= 15 is 0 Å². The predicted octanol–water partition coefficient (Wildman–Crippen LogP) is 1.03. The molecule has 0 atom stereocenters. The van der Waals surface area contributed by atoms with Crippen molar-refractivity contribution in [1.82, 2.24) is 14.8 Å². The van der Waals surface area contributed by atoms with Gasteiger partial charge in [0.1, 0.15) is 0 Å². The summed E-state index contributed by atoms with van der Waals surface area (Å²) in [5, 5.41) is 0.984. The minimum Gasteiger partial charge on any atom is -0.346 e. The van der Waals surface area contributed by atoms with Crippen molar-refractivity contribution in [2.45, 2.75) is 6.92 Å². The number of Topliss-reactive ketones (excluding diaryl/α,β-unsaturated/α-hetero) is 1. The number of carbonyl (C=O) groups excluding carboxylic acids is 1. The summed E-state index contributed by atoms with van der Waals surface area (Å²) in [7, 11) is 4.21. The van der Waals surface area contributed by atoms with Gasteiger partial charge in [-0.05, 0) is 14.1 Å². The summed E-state index contributed by atoms with van der Waals surface area (Å²) in [6.07, 6.45) is 1.70. The summed E-state index contributed by atoms with van der Waals surface area (Å²) in [5.41, 5.74) is 0. The third-order valence-corrected chi connectivity index (χ3v) is 4.51. The van der Waals surface area contributed by atoms with Gasteiger partial charge < -0.3 is 9.80 Å². The molecule has 0 spiro atoms. The molecule has 5 nitrogen and oxygen atoms in total. The maximum atomic E-state index is 11.3. The summed E-state index contributed by atoms with van der Waals surface area (Å²) in [5.74, 6) is 0.105. The third-order valence-electron chi connectivity index (χ3n) is 3.35. The highest BCUT2D eigenvalue weighted by atomic mass is 32.1. The number of rotatable bonds is 5. The molecule has 1 aromatic rings. The minimum absolute atomic E-state index is 0.105. The van der Waals surface area contributed by atoms with Crippen LogP contribution in [0.5, 0.6) is 0 Å². The normalized spacial score (nSPS) is 17.2. The Kier molecular flexibility index (Phi) is 4.90. The molecule has 0 amide bonds. The number of piperazine rings is 1. The van der Waals surface area contributed by atoms with Crippen molar-refractivity contribution < 1.29 is 4.79 Å². The van der Waals surface area contributed by atoms with Crippen molar-refractivity contribution in [3.05, 3.63) is 11.1 Å². The van der Waals surface area contributed by atoms with Gasteiger partial charge in [-0.3, -0.25) is 9.69 Å². The molecule has 0 bridgehead atoms. The van der Waals surface area contributed by atoms with Crippen LogP contribution in [-0.4, -0.2) is 73.9 Å². The molecule has 2 heterocycles. The van der Waals surface area contributed by atoms with Crippen LogP contribution in [0.25, 0.3) is 0 Å². The largest absolute Gasteiger partial charge is 0.346 e. The zero-order valence-electron chi connectivity index (χ0n) is 11.9. The summed E-state index contributed by atoms with van der Waals surface area (Å²) in [4.78, 5) is 23.4. The average Bonchev–Trinajstić information content (AvgIpc) is 2.86. The third kappa shape index (κ3) is 3.99. The van der Waals surface area contributed by atoms with E-state index in [1.165, 1.54) is 11.3 Å². The lowest BCUT2D eigenvalue weighted by atomic mass is 10.3. The molecule has 0 unspecified atom stereocenters. The van der Waals surface area contributed by atoms with Crippen molar-refractivity contribution in [1.29, 1.82) is 0 Å². The van der Waals surface area contributed by atoms with Gasteiger partial charge in [0.2, 0.25) is 0 Å². The fourth-order valence-electron chi connectivity index (χ4n) is 2.08. The van der Waals surface area contributed by atoms with E-state index in [-0.39, 0.29) is 5.78 Å². The van der Waals surface area contributed by atoms with Crippen molar-refractivity contribution >= 4 is 22.3 Å².